The van der Waals surface area contributed by atoms with E-state index in [-0.39, 0.29) is 0 Å². The van der Waals surface area contributed by atoms with Gasteiger partial charge in [-0.15, -0.1) is 0 Å². The second-order valence-electron chi connectivity index (χ2n) is 9.85. The van der Waals surface area contributed by atoms with Crippen LogP contribution in [0.2, 0.25) is 0 Å². The minimum absolute atomic E-state index is 0.606. The summed E-state index contributed by atoms with van der Waals surface area (Å²) in [5.74, 6) is 0. The van der Waals surface area contributed by atoms with Crippen molar-refractivity contribution in [2.45, 2.75) is 116 Å². The lowest BCUT2D eigenvalue weighted by atomic mass is 9.90. The standard InChI is InChI=1S/C30H46N2/c1-3-5-7-9-11-25-13-17-27(18-14-25)31-29-21-23-30(24-22-29)32-28-19-15-26(16-20-28)12-10-8-6-4-2/h13-20,29-32H,3-12,21-24H2,1-2H3. The van der Waals surface area contributed by atoms with E-state index in [9.17, 15) is 0 Å². The number of hydrogen-bond donors (Lipinski definition) is 2. The number of aryl methyl sites for hydroxylation is 2. The van der Waals surface area contributed by atoms with Crippen molar-refractivity contribution >= 4 is 11.4 Å². The van der Waals surface area contributed by atoms with Gasteiger partial charge < -0.3 is 10.6 Å². The Morgan fingerprint density at radius 3 is 1.25 bits per heavy atom. The van der Waals surface area contributed by atoms with Crippen molar-refractivity contribution in [2.24, 2.45) is 0 Å². The van der Waals surface area contributed by atoms with Gasteiger partial charge in [0, 0.05) is 23.5 Å². The Balaban J connectivity index is 1.34. The van der Waals surface area contributed by atoms with Gasteiger partial charge in [0.25, 0.3) is 0 Å². The van der Waals surface area contributed by atoms with Crippen LogP contribution in [0.15, 0.2) is 48.5 Å². The number of anilines is 2. The second kappa shape index (κ2) is 14.2. The molecule has 0 aliphatic heterocycles. The van der Waals surface area contributed by atoms with Gasteiger partial charge in [-0.1, -0.05) is 76.6 Å². The third-order valence-corrected chi connectivity index (χ3v) is 7.01. The van der Waals surface area contributed by atoms with E-state index in [0.29, 0.717) is 12.1 Å². The van der Waals surface area contributed by atoms with Gasteiger partial charge in [-0.05, 0) is 86.8 Å². The highest BCUT2D eigenvalue weighted by molar-refractivity contribution is 5.47. The summed E-state index contributed by atoms with van der Waals surface area (Å²) in [4.78, 5) is 0. The monoisotopic (exact) mass is 434 g/mol. The fourth-order valence-corrected chi connectivity index (χ4v) is 4.90. The highest BCUT2D eigenvalue weighted by Gasteiger charge is 2.21. The van der Waals surface area contributed by atoms with Crippen molar-refractivity contribution in [3.8, 4) is 0 Å². The van der Waals surface area contributed by atoms with Crippen molar-refractivity contribution in [3.05, 3.63) is 59.7 Å². The molecule has 1 aliphatic carbocycles. The molecule has 32 heavy (non-hydrogen) atoms. The summed E-state index contributed by atoms with van der Waals surface area (Å²) >= 11 is 0. The van der Waals surface area contributed by atoms with Crippen molar-refractivity contribution in [2.75, 3.05) is 10.6 Å². The average molecular weight is 435 g/mol. The molecule has 1 saturated carbocycles. The van der Waals surface area contributed by atoms with E-state index in [2.05, 4.69) is 73.0 Å². The minimum atomic E-state index is 0.606. The molecule has 0 spiro atoms. The predicted molar refractivity (Wildman–Crippen MR) is 142 cm³/mol. The molecule has 0 atom stereocenters. The van der Waals surface area contributed by atoms with Crippen LogP contribution in [0.5, 0.6) is 0 Å². The third kappa shape index (κ3) is 8.88. The smallest absolute Gasteiger partial charge is 0.0342 e. The number of rotatable bonds is 14. The quantitative estimate of drug-likeness (QED) is 0.290. The Bertz CT molecular complexity index is 661. The maximum atomic E-state index is 3.78. The summed E-state index contributed by atoms with van der Waals surface area (Å²) < 4.78 is 0. The molecule has 0 bridgehead atoms. The first kappa shape index (κ1) is 24.7. The first-order valence-corrected chi connectivity index (χ1v) is 13.5. The zero-order valence-electron chi connectivity index (χ0n) is 20.7. The fraction of sp³-hybridized carbons (Fsp3) is 0.600. The van der Waals surface area contributed by atoms with E-state index in [1.165, 1.54) is 112 Å². The first-order chi connectivity index (χ1) is 15.8. The first-order valence-electron chi connectivity index (χ1n) is 13.5. The Morgan fingerprint density at radius 1 is 0.531 bits per heavy atom. The molecule has 0 amide bonds. The van der Waals surface area contributed by atoms with E-state index in [0.717, 1.165) is 0 Å². The largest absolute Gasteiger partial charge is 0.382 e. The number of benzene rings is 2. The van der Waals surface area contributed by atoms with Gasteiger partial charge in [0.2, 0.25) is 0 Å². The van der Waals surface area contributed by atoms with Crippen LogP contribution >= 0.6 is 0 Å². The molecule has 2 nitrogen and oxygen atoms in total. The number of nitrogens with one attached hydrogen (secondary N) is 2. The van der Waals surface area contributed by atoms with Crippen LogP contribution in [0.25, 0.3) is 0 Å². The molecule has 1 fully saturated rings. The van der Waals surface area contributed by atoms with Gasteiger partial charge in [0.05, 0.1) is 0 Å². The van der Waals surface area contributed by atoms with Crippen LogP contribution in [-0.2, 0) is 12.8 Å². The SMILES string of the molecule is CCCCCCc1ccc(NC2CCC(Nc3ccc(CCCCCC)cc3)CC2)cc1. The van der Waals surface area contributed by atoms with Crippen LogP contribution in [0.1, 0.15) is 102 Å². The van der Waals surface area contributed by atoms with E-state index in [1.54, 1.807) is 0 Å². The van der Waals surface area contributed by atoms with Gasteiger partial charge in [0.1, 0.15) is 0 Å². The summed E-state index contributed by atoms with van der Waals surface area (Å²) in [6.45, 7) is 4.55. The molecule has 2 aromatic rings. The van der Waals surface area contributed by atoms with E-state index < -0.39 is 0 Å². The molecule has 0 heterocycles. The predicted octanol–water partition coefficient (Wildman–Crippen LogP) is 8.77. The molecule has 0 radical (unpaired) electrons. The van der Waals surface area contributed by atoms with Crippen molar-refractivity contribution in [1.29, 1.82) is 0 Å². The lowest BCUT2D eigenvalue weighted by Crippen LogP contribution is -2.32. The van der Waals surface area contributed by atoms with Crippen LogP contribution in [0, 0.1) is 0 Å². The van der Waals surface area contributed by atoms with Crippen LogP contribution in [-0.4, -0.2) is 12.1 Å². The van der Waals surface area contributed by atoms with Gasteiger partial charge >= 0.3 is 0 Å². The normalized spacial score (nSPS) is 18.4. The molecule has 1 aliphatic rings. The molecule has 0 unspecified atom stereocenters. The Morgan fingerprint density at radius 2 is 0.906 bits per heavy atom. The Labute approximate surface area is 197 Å². The van der Waals surface area contributed by atoms with E-state index in [1.807, 2.05) is 0 Å². The summed E-state index contributed by atoms with van der Waals surface area (Å²) in [6.07, 6.45) is 18.1. The number of hydrogen-bond acceptors (Lipinski definition) is 2. The third-order valence-electron chi connectivity index (χ3n) is 7.01. The van der Waals surface area contributed by atoms with Gasteiger partial charge in [0.15, 0.2) is 0 Å². The highest BCUT2D eigenvalue weighted by Crippen LogP contribution is 2.25. The molecule has 0 aromatic heterocycles. The molecule has 2 heteroatoms. The topological polar surface area (TPSA) is 24.1 Å². The molecule has 3 rings (SSSR count). The van der Waals surface area contributed by atoms with Gasteiger partial charge in [-0.25, -0.2) is 0 Å². The maximum absolute atomic E-state index is 3.78. The van der Waals surface area contributed by atoms with Crippen LogP contribution in [0.4, 0.5) is 11.4 Å². The molecular formula is C30H46N2. The van der Waals surface area contributed by atoms with Crippen molar-refractivity contribution < 1.29 is 0 Å². The average Bonchev–Trinajstić information content (AvgIpc) is 2.83. The Kier molecular flexibility index (Phi) is 11.0. The van der Waals surface area contributed by atoms with Gasteiger partial charge in [-0.3, -0.25) is 0 Å². The Hall–Kier alpha value is -1.96. The fourth-order valence-electron chi connectivity index (χ4n) is 4.90. The lowest BCUT2D eigenvalue weighted by Gasteiger charge is -2.31. The molecule has 2 aromatic carbocycles. The molecule has 2 N–H and O–H groups in total. The van der Waals surface area contributed by atoms with Crippen LogP contribution in [0.3, 0.4) is 0 Å². The zero-order valence-corrected chi connectivity index (χ0v) is 20.7. The minimum Gasteiger partial charge on any atom is -0.382 e. The summed E-state index contributed by atoms with van der Waals surface area (Å²) in [6, 6.07) is 19.6. The molecular weight excluding hydrogens is 388 g/mol. The summed E-state index contributed by atoms with van der Waals surface area (Å²) in [7, 11) is 0. The zero-order chi connectivity index (χ0) is 22.4. The summed E-state index contributed by atoms with van der Waals surface area (Å²) in [5.41, 5.74) is 5.53. The molecule has 176 valence electrons. The maximum Gasteiger partial charge on any atom is 0.0342 e. The number of unbranched alkanes of at least 4 members (excludes halogenated alkanes) is 6. The highest BCUT2D eigenvalue weighted by atomic mass is 15.0. The lowest BCUT2D eigenvalue weighted by molar-refractivity contribution is 0.429. The van der Waals surface area contributed by atoms with E-state index in [4.69, 9.17) is 0 Å². The van der Waals surface area contributed by atoms with Crippen molar-refractivity contribution in [1.82, 2.24) is 0 Å². The van der Waals surface area contributed by atoms with E-state index >= 15 is 0 Å². The second-order valence-corrected chi connectivity index (χ2v) is 9.85. The van der Waals surface area contributed by atoms with Gasteiger partial charge in [-0.2, -0.15) is 0 Å². The summed E-state index contributed by atoms with van der Waals surface area (Å²) in [5, 5.41) is 7.55. The van der Waals surface area contributed by atoms with Crippen molar-refractivity contribution in [3.63, 3.8) is 0 Å². The molecule has 0 saturated heterocycles. The van der Waals surface area contributed by atoms with Crippen LogP contribution < -0.4 is 10.6 Å².